The van der Waals surface area contributed by atoms with Crippen LogP contribution >= 0.6 is 0 Å². The highest BCUT2D eigenvalue weighted by atomic mass is 16.5. The van der Waals surface area contributed by atoms with E-state index in [2.05, 4.69) is 19.9 Å². The van der Waals surface area contributed by atoms with E-state index < -0.39 is 0 Å². The summed E-state index contributed by atoms with van der Waals surface area (Å²) in [6.45, 7) is 4.95. The lowest BCUT2D eigenvalue weighted by molar-refractivity contribution is 0.178. The summed E-state index contributed by atoms with van der Waals surface area (Å²) >= 11 is 0. The molecule has 0 fully saturated rings. The molecule has 0 bridgehead atoms. The molecule has 0 N–H and O–H groups in total. The van der Waals surface area contributed by atoms with Gasteiger partial charge >= 0.3 is 6.09 Å². The van der Waals surface area contributed by atoms with E-state index >= 15 is 0 Å². The Morgan fingerprint density at radius 3 is 2.73 bits per heavy atom. The van der Waals surface area contributed by atoms with Crippen molar-refractivity contribution in [3.8, 4) is 0 Å². The highest BCUT2D eigenvalue weighted by Gasteiger charge is 2.37. The van der Waals surface area contributed by atoms with E-state index in [1.54, 1.807) is 4.90 Å². The fraction of sp³-hybridized carbons (Fsp3) is 0.417. The Kier molecular flexibility index (Phi) is 2.18. The van der Waals surface area contributed by atoms with Gasteiger partial charge in [-0.1, -0.05) is 32.0 Å². The van der Waals surface area contributed by atoms with E-state index in [1.807, 2.05) is 18.2 Å². The summed E-state index contributed by atoms with van der Waals surface area (Å²) in [5.74, 6) is 0. The Labute approximate surface area is 89.7 Å². The zero-order valence-electron chi connectivity index (χ0n) is 9.28. The quantitative estimate of drug-likeness (QED) is 0.651. The van der Waals surface area contributed by atoms with Gasteiger partial charge in [-0.15, -0.1) is 0 Å². The molecule has 0 spiro atoms. The lowest BCUT2D eigenvalue weighted by Gasteiger charge is -2.19. The number of methoxy groups -OCH3 is 1. The van der Waals surface area contributed by atoms with Crippen LogP contribution in [0.2, 0.25) is 0 Å². The van der Waals surface area contributed by atoms with E-state index in [0.717, 1.165) is 5.69 Å². The van der Waals surface area contributed by atoms with Crippen LogP contribution in [0.15, 0.2) is 24.3 Å². The van der Waals surface area contributed by atoms with Crippen molar-refractivity contribution < 1.29 is 9.53 Å². The number of anilines is 1. The van der Waals surface area contributed by atoms with Crippen molar-refractivity contribution in [1.82, 2.24) is 0 Å². The lowest BCUT2D eigenvalue weighted by Crippen LogP contribution is -2.33. The van der Waals surface area contributed by atoms with E-state index in [9.17, 15) is 4.79 Å². The SMILES string of the molecule is COC(=O)N1CC(C)(C)c2ccccc21. The first-order chi connectivity index (χ1) is 7.06. The molecule has 0 saturated carbocycles. The molecule has 1 aliphatic heterocycles. The number of amides is 1. The van der Waals surface area contributed by atoms with Gasteiger partial charge in [-0.25, -0.2) is 4.79 Å². The Morgan fingerprint density at radius 1 is 1.40 bits per heavy atom. The van der Waals surface area contributed by atoms with E-state index in [4.69, 9.17) is 4.74 Å². The third-order valence-corrected chi connectivity index (χ3v) is 2.87. The van der Waals surface area contributed by atoms with Crippen molar-refractivity contribution in [2.45, 2.75) is 19.3 Å². The summed E-state index contributed by atoms with van der Waals surface area (Å²) in [5.41, 5.74) is 2.18. The van der Waals surface area contributed by atoms with Gasteiger partial charge in [-0.2, -0.15) is 0 Å². The monoisotopic (exact) mass is 205 g/mol. The first-order valence-electron chi connectivity index (χ1n) is 5.01. The summed E-state index contributed by atoms with van der Waals surface area (Å²) in [5, 5.41) is 0. The standard InChI is InChI=1S/C12H15NO2/c1-12(2)8-13(11(14)15-3)10-7-5-4-6-9(10)12/h4-7H,8H2,1-3H3. The largest absolute Gasteiger partial charge is 0.452 e. The molecule has 3 nitrogen and oxygen atoms in total. The smallest absolute Gasteiger partial charge is 0.414 e. The van der Waals surface area contributed by atoms with Gasteiger partial charge in [0.2, 0.25) is 0 Å². The number of nitrogens with zero attached hydrogens (tertiary/aromatic N) is 1. The predicted molar refractivity (Wildman–Crippen MR) is 59.2 cm³/mol. The maximum atomic E-state index is 11.6. The minimum absolute atomic E-state index is 0.00475. The first-order valence-corrected chi connectivity index (χ1v) is 5.01. The molecule has 0 radical (unpaired) electrons. The number of ether oxygens (including phenoxy) is 1. The van der Waals surface area contributed by atoms with E-state index in [1.165, 1.54) is 12.7 Å². The number of hydrogen-bond donors (Lipinski definition) is 0. The molecule has 1 amide bonds. The van der Waals surface area contributed by atoms with Crippen LogP contribution in [0.25, 0.3) is 0 Å². The second-order valence-corrected chi connectivity index (χ2v) is 4.46. The molecule has 0 atom stereocenters. The molecule has 0 aromatic heterocycles. The van der Waals surface area contributed by atoms with Crippen molar-refractivity contribution in [2.75, 3.05) is 18.6 Å². The van der Waals surface area contributed by atoms with Gasteiger partial charge in [-0.3, -0.25) is 4.90 Å². The van der Waals surface area contributed by atoms with Crippen LogP contribution in [0.3, 0.4) is 0 Å². The lowest BCUT2D eigenvalue weighted by atomic mass is 9.87. The van der Waals surface area contributed by atoms with Crippen LogP contribution in [0, 0.1) is 0 Å². The fourth-order valence-electron chi connectivity index (χ4n) is 2.12. The minimum Gasteiger partial charge on any atom is -0.452 e. The first kappa shape index (κ1) is 10.0. The number of hydrogen-bond acceptors (Lipinski definition) is 2. The molecular weight excluding hydrogens is 190 g/mol. The molecule has 0 unspecified atom stereocenters. The minimum atomic E-state index is -0.284. The second kappa shape index (κ2) is 3.26. The van der Waals surface area contributed by atoms with Crippen molar-refractivity contribution >= 4 is 11.8 Å². The number of carbonyl (C=O) groups is 1. The normalized spacial score (nSPS) is 17.4. The molecular formula is C12H15NO2. The number of benzene rings is 1. The van der Waals surface area contributed by atoms with Gasteiger partial charge in [0.25, 0.3) is 0 Å². The summed E-state index contributed by atoms with van der Waals surface area (Å²) < 4.78 is 4.77. The van der Waals surface area contributed by atoms with E-state index in [0.29, 0.717) is 6.54 Å². The summed E-state index contributed by atoms with van der Waals surface area (Å²) in [6, 6.07) is 7.97. The Morgan fingerprint density at radius 2 is 2.07 bits per heavy atom. The summed E-state index contributed by atoms with van der Waals surface area (Å²) in [6.07, 6.45) is -0.284. The van der Waals surface area contributed by atoms with Crippen LogP contribution in [0.1, 0.15) is 19.4 Å². The summed E-state index contributed by atoms with van der Waals surface area (Å²) in [7, 11) is 1.41. The topological polar surface area (TPSA) is 29.5 Å². The summed E-state index contributed by atoms with van der Waals surface area (Å²) in [4.78, 5) is 13.3. The Hall–Kier alpha value is -1.51. The number of rotatable bonds is 0. The van der Waals surface area contributed by atoms with Gasteiger partial charge in [0, 0.05) is 12.0 Å². The Balaban J connectivity index is 2.47. The van der Waals surface area contributed by atoms with E-state index in [-0.39, 0.29) is 11.5 Å². The van der Waals surface area contributed by atoms with Crippen LogP contribution in [0.4, 0.5) is 10.5 Å². The predicted octanol–water partition coefficient (Wildman–Crippen LogP) is 2.55. The molecule has 80 valence electrons. The molecule has 0 aliphatic carbocycles. The van der Waals surface area contributed by atoms with Crippen LogP contribution in [-0.2, 0) is 10.2 Å². The van der Waals surface area contributed by atoms with Gasteiger partial charge in [0.05, 0.1) is 12.8 Å². The number of para-hydroxylation sites is 1. The van der Waals surface area contributed by atoms with Crippen molar-refractivity contribution in [1.29, 1.82) is 0 Å². The highest BCUT2D eigenvalue weighted by Crippen LogP contribution is 2.40. The van der Waals surface area contributed by atoms with Gasteiger partial charge in [0.15, 0.2) is 0 Å². The molecule has 2 rings (SSSR count). The average Bonchev–Trinajstić information content (AvgIpc) is 2.51. The van der Waals surface area contributed by atoms with Crippen molar-refractivity contribution in [3.05, 3.63) is 29.8 Å². The Bertz CT molecular complexity index is 398. The van der Waals surface area contributed by atoms with Crippen LogP contribution < -0.4 is 4.90 Å². The molecule has 1 aromatic carbocycles. The molecule has 1 aromatic rings. The highest BCUT2D eigenvalue weighted by molar-refractivity contribution is 5.91. The zero-order chi connectivity index (χ0) is 11.1. The third-order valence-electron chi connectivity index (χ3n) is 2.87. The van der Waals surface area contributed by atoms with Gasteiger partial charge < -0.3 is 4.74 Å². The molecule has 1 aliphatic rings. The van der Waals surface area contributed by atoms with Gasteiger partial charge in [-0.05, 0) is 11.6 Å². The maximum Gasteiger partial charge on any atom is 0.414 e. The van der Waals surface area contributed by atoms with Crippen LogP contribution in [-0.4, -0.2) is 19.7 Å². The van der Waals surface area contributed by atoms with Crippen LogP contribution in [0.5, 0.6) is 0 Å². The fourth-order valence-corrected chi connectivity index (χ4v) is 2.12. The molecule has 1 heterocycles. The molecule has 15 heavy (non-hydrogen) atoms. The second-order valence-electron chi connectivity index (χ2n) is 4.46. The number of fused-ring (bicyclic) bond motifs is 1. The van der Waals surface area contributed by atoms with Crippen molar-refractivity contribution in [3.63, 3.8) is 0 Å². The number of carbonyl (C=O) groups excluding carboxylic acids is 1. The maximum absolute atomic E-state index is 11.6. The molecule has 0 saturated heterocycles. The zero-order valence-corrected chi connectivity index (χ0v) is 9.28. The van der Waals surface area contributed by atoms with Crippen molar-refractivity contribution in [2.24, 2.45) is 0 Å². The molecule has 3 heteroatoms. The average molecular weight is 205 g/mol. The third kappa shape index (κ3) is 1.48. The van der Waals surface area contributed by atoms with Gasteiger partial charge in [0.1, 0.15) is 0 Å².